The molecule has 1 aliphatic rings. The van der Waals surface area contributed by atoms with Gasteiger partial charge >= 0.3 is 0 Å². The van der Waals surface area contributed by atoms with E-state index in [4.69, 9.17) is 4.74 Å². The summed E-state index contributed by atoms with van der Waals surface area (Å²) in [7, 11) is 0. The van der Waals surface area contributed by atoms with Crippen LogP contribution in [-0.2, 0) is 0 Å². The van der Waals surface area contributed by atoms with Crippen molar-refractivity contribution in [1.82, 2.24) is 10.2 Å². The zero-order chi connectivity index (χ0) is 18.2. The molecule has 0 spiro atoms. The van der Waals surface area contributed by atoms with Gasteiger partial charge in [-0.2, -0.15) is 0 Å². The van der Waals surface area contributed by atoms with Crippen LogP contribution in [0.3, 0.4) is 0 Å². The number of carbonyl (C=O) groups excluding carboxylic acids is 1. The van der Waals surface area contributed by atoms with E-state index < -0.39 is 0 Å². The van der Waals surface area contributed by atoms with Gasteiger partial charge in [-0.05, 0) is 87.4 Å². The molecule has 1 amide bonds. The number of piperidine rings is 1. The van der Waals surface area contributed by atoms with Gasteiger partial charge in [-0.1, -0.05) is 6.42 Å². The minimum absolute atomic E-state index is 0.0722. The molecule has 2 aromatic carbocycles. The van der Waals surface area contributed by atoms with Crippen molar-refractivity contribution < 1.29 is 13.9 Å². The predicted molar refractivity (Wildman–Crippen MR) is 100 cm³/mol. The van der Waals surface area contributed by atoms with E-state index in [0.29, 0.717) is 23.6 Å². The summed E-state index contributed by atoms with van der Waals surface area (Å²) in [5.41, 5.74) is 0.606. The van der Waals surface area contributed by atoms with Gasteiger partial charge in [0.1, 0.15) is 17.3 Å². The average Bonchev–Trinajstić information content (AvgIpc) is 2.68. The summed E-state index contributed by atoms with van der Waals surface area (Å²) in [5.74, 6) is 0.793. The van der Waals surface area contributed by atoms with Crippen LogP contribution in [0.2, 0.25) is 0 Å². The van der Waals surface area contributed by atoms with E-state index in [9.17, 15) is 9.18 Å². The number of halogens is 1. The molecule has 1 fully saturated rings. The van der Waals surface area contributed by atoms with Crippen molar-refractivity contribution in [3.8, 4) is 11.5 Å². The number of benzene rings is 2. The Kier molecular flexibility index (Phi) is 6.61. The van der Waals surface area contributed by atoms with Crippen molar-refractivity contribution in [2.75, 3.05) is 26.2 Å². The average molecular weight is 356 g/mol. The van der Waals surface area contributed by atoms with Crippen LogP contribution in [0.4, 0.5) is 4.39 Å². The van der Waals surface area contributed by atoms with Crippen LogP contribution < -0.4 is 10.1 Å². The lowest BCUT2D eigenvalue weighted by Crippen LogP contribution is -2.33. The van der Waals surface area contributed by atoms with Crippen molar-refractivity contribution in [2.45, 2.75) is 25.7 Å². The summed E-state index contributed by atoms with van der Waals surface area (Å²) < 4.78 is 18.5. The molecule has 0 radical (unpaired) electrons. The first-order chi connectivity index (χ1) is 12.7. The number of hydrogen-bond donors (Lipinski definition) is 1. The van der Waals surface area contributed by atoms with Crippen LogP contribution in [0, 0.1) is 5.82 Å². The highest BCUT2D eigenvalue weighted by Gasteiger charge is 2.10. The summed E-state index contributed by atoms with van der Waals surface area (Å²) in [5, 5.41) is 2.97. The minimum Gasteiger partial charge on any atom is -0.457 e. The first kappa shape index (κ1) is 18.4. The zero-order valence-corrected chi connectivity index (χ0v) is 14.9. The van der Waals surface area contributed by atoms with Gasteiger partial charge in [0, 0.05) is 12.1 Å². The number of amides is 1. The summed E-state index contributed by atoms with van der Waals surface area (Å²) >= 11 is 0. The first-order valence-corrected chi connectivity index (χ1v) is 9.25. The van der Waals surface area contributed by atoms with Gasteiger partial charge in [0.15, 0.2) is 0 Å². The third kappa shape index (κ3) is 5.56. The molecule has 5 heteroatoms. The molecular formula is C21H25FN2O2. The lowest BCUT2D eigenvalue weighted by molar-refractivity contribution is 0.0951. The molecule has 26 heavy (non-hydrogen) atoms. The van der Waals surface area contributed by atoms with E-state index in [1.165, 1.54) is 44.5 Å². The van der Waals surface area contributed by atoms with Crippen molar-refractivity contribution in [3.05, 3.63) is 59.9 Å². The van der Waals surface area contributed by atoms with E-state index in [1.807, 2.05) is 0 Å². The first-order valence-electron chi connectivity index (χ1n) is 9.25. The highest BCUT2D eigenvalue weighted by molar-refractivity contribution is 5.94. The fourth-order valence-corrected chi connectivity index (χ4v) is 3.10. The number of rotatable bonds is 7. The van der Waals surface area contributed by atoms with Crippen LogP contribution in [0.15, 0.2) is 48.5 Å². The Bertz CT molecular complexity index is 695. The summed E-state index contributed by atoms with van der Waals surface area (Å²) in [6.45, 7) is 4.10. The molecule has 0 atom stereocenters. The number of hydrogen-bond acceptors (Lipinski definition) is 3. The zero-order valence-electron chi connectivity index (χ0n) is 14.9. The van der Waals surface area contributed by atoms with E-state index >= 15 is 0 Å². The van der Waals surface area contributed by atoms with Crippen LogP contribution in [0.25, 0.3) is 0 Å². The Hall–Kier alpha value is -2.40. The summed E-state index contributed by atoms with van der Waals surface area (Å²) in [6.07, 6.45) is 4.89. The van der Waals surface area contributed by atoms with Gasteiger partial charge < -0.3 is 15.0 Å². The molecule has 1 aliphatic heterocycles. The second-order valence-corrected chi connectivity index (χ2v) is 6.59. The van der Waals surface area contributed by atoms with E-state index in [1.54, 1.807) is 36.4 Å². The maximum Gasteiger partial charge on any atom is 0.251 e. The topological polar surface area (TPSA) is 41.6 Å². The summed E-state index contributed by atoms with van der Waals surface area (Å²) in [4.78, 5) is 14.7. The number of nitrogens with zero attached hydrogens (tertiary/aromatic N) is 1. The quantitative estimate of drug-likeness (QED) is 0.755. The third-order valence-corrected chi connectivity index (χ3v) is 4.55. The smallest absolute Gasteiger partial charge is 0.251 e. The Labute approximate surface area is 154 Å². The molecule has 3 rings (SSSR count). The highest BCUT2D eigenvalue weighted by atomic mass is 19.1. The molecule has 0 aliphatic carbocycles. The van der Waals surface area contributed by atoms with Gasteiger partial charge in [-0.3, -0.25) is 4.79 Å². The number of likely N-dealkylation sites (tertiary alicyclic amines) is 1. The van der Waals surface area contributed by atoms with Crippen LogP contribution in [0.5, 0.6) is 11.5 Å². The molecule has 0 bridgehead atoms. The van der Waals surface area contributed by atoms with Crippen molar-refractivity contribution in [3.63, 3.8) is 0 Å². The number of carbonyl (C=O) groups is 1. The molecular weight excluding hydrogens is 331 g/mol. The monoisotopic (exact) mass is 356 g/mol. The Morgan fingerprint density at radius 2 is 1.58 bits per heavy atom. The minimum atomic E-state index is -0.301. The van der Waals surface area contributed by atoms with Crippen molar-refractivity contribution in [1.29, 1.82) is 0 Å². The van der Waals surface area contributed by atoms with Crippen LogP contribution in [-0.4, -0.2) is 37.0 Å². The third-order valence-electron chi connectivity index (χ3n) is 4.55. The molecule has 1 N–H and O–H groups in total. The van der Waals surface area contributed by atoms with Gasteiger partial charge in [-0.15, -0.1) is 0 Å². The summed E-state index contributed by atoms with van der Waals surface area (Å²) in [6, 6.07) is 12.8. The lowest BCUT2D eigenvalue weighted by Gasteiger charge is -2.26. The van der Waals surface area contributed by atoms with E-state index in [0.717, 1.165) is 13.0 Å². The predicted octanol–water partition coefficient (Wildman–Crippen LogP) is 4.22. The van der Waals surface area contributed by atoms with E-state index in [2.05, 4.69) is 10.2 Å². The van der Waals surface area contributed by atoms with Crippen LogP contribution >= 0.6 is 0 Å². The maximum atomic E-state index is 12.9. The normalized spacial score (nSPS) is 14.8. The molecule has 2 aromatic rings. The largest absolute Gasteiger partial charge is 0.457 e. The fourth-order valence-electron chi connectivity index (χ4n) is 3.10. The second-order valence-electron chi connectivity index (χ2n) is 6.59. The molecule has 4 nitrogen and oxygen atoms in total. The SMILES string of the molecule is O=C(NCCCN1CCCCC1)c1ccc(Oc2ccc(F)cc2)cc1. The van der Waals surface area contributed by atoms with Gasteiger partial charge in [-0.25, -0.2) is 4.39 Å². The molecule has 0 aromatic heterocycles. The molecule has 0 unspecified atom stereocenters. The maximum absolute atomic E-state index is 12.9. The van der Waals surface area contributed by atoms with Crippen molar-refractivity contribution >= 4 is 5.91 Å². The Balaban J connectivity index is 1.42. The van der Waals surface area contributed by atoms with Gasteiger partial charge in [0.05, 0.1) is 0 Å². The number of nitrogens with one attached hydrogen (secondary N) is 1. The number of ether oxygens (including phenoxy) is 1. The standard InChI is InChI=1S/C21H25FN2O2/c22-18-7-11-20(12-8-18)26-19-9-5-17(6-10-19)21(25)23-13-4-16-24-14-2-1-3-15-24/h5-12H,1-4,13-16H2,(H,23,25). The van der Waals surface area contributed by atoms with E-state index in [-0.39, 0.29) is 11.7 Å². The van der Waals surface area contributed by atoms with Crippen LogP contribution in [0.1, 0.15) is 36.0 Å². The molecule has 1 saturated heterocycles. The van der Waals surface area contributed by atoms with Crippen molar-refractivity contribution in [2.24, 2.45) is 0 Å². The molecule has 138 valence electrons. The lowest BCUT2D eigenvalue weighted by atomic mass is 10.1. The molecule has 0 saturated carbocycles. The Morgan fingerprint density at radius 3 is 2.23 bits per heavy atom. The Morgan fingerprint density at radius 1 is 0.962 bits per heavy atom. The second kappa shape index (κ2) is 9.34. The van der Waals surface area contributed by atoms with Gasteiger partial charge in [0.2, 0.25) is 0 Å². The molecule has 1 heterocycles. The highest BCUT2D eigenvalue weighted by Crippen LogP contribution is 2.21. The fraction of sp³-hybridized carbons (Fsp3) is 0.381. The van der Waals surface area contributed by atoms with Gasteiger partial charge in [0.25, 0.3) is 5.91 Å².